The van der Waals surface area contributed by atoms with Gasteiger partial charge in [0.15, 0.2) is 0 Å². The van der Waals surface area contributed by atoms with E-state index in [0.717, 1.165) is 17.5 Å². The second kappa shape index (κ2) is 5.59. The minimum absolute atomic E-state index is 0.231. The number of carboxylic acids is 1. The molecule has 2 fully saturated rings. The number of hydrogen-bond donors (Lipinski definition) is 1. The third kappa shape index (κ3) is 2.29. The van der Waals surface area contributed by atoms with Gasteiger partial charge in [-0.1, -0.05) is 23.2 Å². The summed E-state index contributed by atoms with van der Waals surface area (Å²) in [5.74, 6) is 0.225. The van der Waals surface area contributed by atoms with Crippen LogP contribution in [-0.2, 0) is 4.79 Å². The number of halogens is 2. The standard InChI is InChI=1S/C18H14Cl2N4O2/c19-11-2-1-10-13(23-4-3-21-8-23)7-15(22-17(10)16(11)20)24-12-5-9(12)6-14(24)18(25)26/h1-4,7-9,12,14H,5-6H2,(H,25,26)/t9?,12-,14-/m0/s1. The topological polar surface area (TPSA) is 71.2 Å². The molecule has 3 aromatic rings. The van der Waals surface area contributed by atoms with Crippen LogP contribution in [0.1, 0.15) is 12.8 Å². The van der Waals surface area contributed by atoms with Crippen LogP contribution in [-0.4, -0.2) is 37.7 Å². The molecule has 0 bridgehead atoms. The molecule has 0 amide bonds. The van der Waals surface area contributed by atoms with Gasteiger partial charge in [-0.25, -0.2) is 14.8 Å². The number of hydrogen-bond acceptors (Lipinski definition) is 4. The van der Waals surface area contributed by atoms with Crippen LogP contribution in [0.4, 0.5) is 5.82 Å². The molecular weight excluding hydrogens is 375 g/mol. The maximum atomic E-state index is 11.7. The predicted molar refractivity (Wildman–Crippen MR) is 99.3 cm³/mol. The van der Waals surface area contributed by atoms with Crippen LogP contribution in [0, 0.1) is 5.92 Å². The number of fused-ring (bicyclic) bond motifs is 2. The Bertz CT molecular complexity index is 1040. The predicted octanol–water partition coefficient (Wildman–Crippen LogP) is 3.78. The van der Waals surface area contributed by atoms with E-state index >= 15 is 0 Å². The number of imidazole rings is 1. The van der Waals surface area contributed by atoms with Crippen molar-refractivity contribution in [1.29, 1.82) is 0 Å². The van der Waals surface area contributed by atoms with E-state index in [4.69, 9.17) is 28.2 Å². The monoisotopic (exact) mass is 388 g/mol. The number of pyridine rings is 1. The molecule has 5 rings (SSSR count). The van der Waals surface area contributed by atoms with Crippen LogP contribution in [0.3, 0.4) is 0 Å². The Morgan fingerprint density at radius 2 is 2.12 bits per heavy atom. The lowest BCUT2D eigenvalue weighted by molar-refractivity contribution is -0.138. The fraction of sp³-hybridized carbons (Fsp3) is 0.278. The van der Waals surface area contributed by atoms with E-state index in [-0.39, 0.29) is 6.04 Å². The first-order chi connectivity index (χ1) is 12.5. The van der Waals surface area contributed by atoms with Crippen molar-refractivity contribution >= 4 is 45.9 Å². The number of piperidine rings is 1. The molecule has 1 saturated heterocycles. The second-order valence-electron chi connectivity index (χ2n) is 6.79. The number of nitrogens with zero attached hydrogens (tertiary/aromatic N) is 4. The van der Waals surface area contributed by atoms with E-state index in [9.17, 15) is 9.90 Å². The van der Waals surface area contributed by atoms with Gasteiger partial charge < -0.3 is 14.6 Å². The number of carboxylic acid groups (broad SMARTS) is 1. The molecule has 8 heteroatoms. The van der Waals surface area contributed by atoms with Gasteiger partial charge in [0.25, 0.3) is 0 Å². The first kappa shape index (κ1) is 15.9. The third-order valence-corrected chi connectivity index (χ3v) is 6.07. The average Bonchev–Trinajstić information content (AvgIpc) is 3.05. The van der Waals surface area contributed by atoms with Crippen LogP contribution >= 0.6 is 23.2 Å². The quantitative estimate of drug-likeness (QED) is 0.738. The first-order valence-corrected chi connectivity index (χ1v) is 9.08. The van der Waals surface area contributed by atoms with E-state index in [1.54, 1.807) is 18.6 Å². The Labute approximate surface area is 159 Å². The smallest absolute Gasteiger partial charge is 0.326 e. The SMILES string of the molecule is O=C(O)[C@@H]1CC2C[C@@H]2N1c1cc(-n2ccnc2)c2ccc(Cl)c(Cl)c2n1. The van der Waals surface area contributed by atoms with Gasteiger partial charge in [-0.15, -0.1) is 0 Å². The molecule has 0 spiro atoms. The lowest BCUT2D eigenvalue weighted by Gasteiger charge is -2.26. The summed E-state index contributed by atoms with van der Waals surface area (Å²) in [5.41, 5.74) is 1.41. The van der Waals surface area contributed by atoms with E-state index in [0.29, 0.717) is 33.7 Å². The fourth-order valence-electron chi connectivity index (χ4n) is 3.96. The molecule has 3 atom stereocenters. The van der Waals surface area contributed by atoms with E-state index in [2.05, 4.69) is 4.98 Å². The Hall–Kier alpha value is -2.31. The molecule has 0 radical (unpaired) electrons. The van der Waals surface area contributed by atoms with Crippen molar-refractivity contribution in [1.82, 2.24) is 14.5 Å². The summed E-state index contributed by atoms with van der Waals surface area (Å²) in [6.45, 7) is 0. The zero-order valence-electron chi connectivity index (χ0n) is 13.5. The van der Waals surface area contributed by atoms with Crippen molar-refractivity contribution in [2.75, 3.05) is 4.90 Å². The summed E-state index contributed by atoms with van der Waals surface area (Å²) in [7, 11) is 0. The largest absolute Gasteiger partial charge is 0.480 e. The molecule has 6 nitrogen and oxygen atoms in total. The highest BCUT2D eigenvalue weighted by molar-refractivity contribution is 6.45. The number of carbonyl (C=O) groups is 1. The molecule has 132 valence electrons. The van der Waals surface area contributed by atoms with Crippen molar-refractivity contribution in [3.05, 3.63) is 47.0 Å². The van der Waals surface area contributed by atoms with Crippen LogP contribution in [0.25, 0.3) is 16.6 Å². The zero-order valence-corrected chi connectivity index (χ0v) is 15.0. The van der Waals surface area contributed by atoms with E-state index in [1.807, 2.05) is 27.8 Å². The van der Waals surface area contributed by atoms with Crippen molar-refractivity contribution in [2.45, 2.75) is 24.9 Å². The highest BCUT2D eigenvalue weighted by Gasteiger charge is 2.55. The molecule has 3 heterocycles. The molecule has 1 aliphatic carbocycles. The van der Waals surface area contributed by atoms with Crippen molar-refractivity contribution < 1.29 is 9.90 Å². The Balaban J connectivity index is 1.76. The lowest BCUT2D eigenvalue weighted by atomic mass is 10.1. The van der Waals surface area contributed by atoms with Gasteiger partial charge in [-0.05, 0) is 30.9 Å². The molecular formula is C18H14Cl2N4O2. The molecule has 2 aromatic heterocycles. The normalized spacial score (nSPS) is 24.1. The first-order valence-electron chi connectivity index (χ1n) is 8.33. The Kier molecular flexibility index (Phi) is 3.42. The molecule has 1 aromatic carbocycles. The highest BCUT2D eigenvalue weighted by Crippen LogP contribution is 2.50. The van der Waals surface area contributed by atoms with Crippen LogP contribution in [0.5, 0.6) is 0 Å². The Morgan fingerprint density at radius 3 is 2.85 bits per heavy atom. The van der Waals surface area contributed by atoms with Crippen LogP contribution < -0.4 is 4.90 Å². The number of aliphatic carboxylic acids is 1. The van der Waals surface area contributed by atoms with Gasteiger partial charge in [-0.2, -0.15) is 0 Å². The summed E-state index contributed by atoms with van der Waals surface area (Å²) >= 11 is 12.6. The van der Waals surface area contributed by atoms with Crippen molar-refractivity contribution in [3.8, 4) is 5.69 Å². The summed E-state index contributed by atoms with van der Waals surface area (Å²) in [6, 6.07) is 5.19. The second-order valence-corrected chi connectivity index (χ2v) is 7.57. The number of aromatic nitrogens is 3. The summed E-state index contributed by atoms with van der Waals surface area (Å²) < 4.78 is 1.87. The Morgan fingerprint density at radius 1 is 1.27 bits per heavy atom. The maximum absolute atomic E-state index is 11.7. The summed E-state index contributed by atoms with van der Waals surface area (Å²) in [4.78, 5) is 22.5. The lowest BCUT2D eigenvalue weighted by Crippen LogP contribution is -2.39. The average molecular weight is 389 g/mol. The molecule has 26 heavy (non-hydrogen) atoms. The number of anilines is 1. The zero-order chi connectivity index (χ0) is 18.0. The third-order valence-electron chi connectivity index (χ3n) is 5.27. The van der Waals surface area contributed by atoms with Crippen molar-refractivity contribution in [3.63, 3.8) is 0 Å². The molecule has 2 aliphatic rings. The van der Waals surface area contributed by atoms with Crippen LogP contribution in [0.2, 0.25) is 10.0 Å². The van der Waals surface area contributed by atoms with Crippen molar-refractivity contribution in [2.24, 2.45) is 5.92 Å². The van der Waals surface area contributed by atoms with Gasteiger partial charge in [0, 0.05) is 29.9 Å². The van der Waals surface area contributed by atoms with Gasteiger partial charge in [-0.3, -0.25) is 0 Å². The fourth-order valence-corrected chi connectivity index (χ4v) is 4.32. The van der Waals surface area contributed by atoms with Crippen LogP contribution in [0.15, 0.2) is 36.9 Å². The van der Waals surface area contributed by atoms with Gasteiger partial charge in [0.05, 0.1) is 27.6 Å². The minimum Gasteiger partial charge on any atom is -0.480 e. The molecule has 1 N–H and O–H groups in total. The van der Waals surface area contributed by atoms with E-state index in [1.165, 1.54) is 0 Å². The number of benzene rings is 1. The number of rotatable bonds is 3. The molecule has 1 unspecified atom stereocenters. The highest BCUT2D eigenvalue weighted by atomic mass is 35.5. The summed E-state index contributed by atoms with van der Waals surface area (Å²) in [6.07, 6.45) is 6.88. The van der Waals surface area contributed by atoms with Gasteiger partial charge in [0.1, 0.15) is 11.9 Å². The maximum Gasteiger partial charge on any atom is 0.326 e. The van der Waals surface area contributed by atoms with Gasteiger partial charge >= 0.3 is 5.97 Å². The van der Waals surface area contributed by atoms with Gasteiger partial charge in [0.2, 0.25) is 0 Å². The molecule has 1 aliphatic heterocycles. The summed E-state index contributed by atoms with van der Waals surface area (Å²) in [5, 5.41) is 11.2. The molecule has 1 saturated carbocycles. The minimum atomic E-state index is -0.819. The van der Waals surface area contributed by atoms with E-state index < -0.39 is 12.0 Å².